The van der Waals surface area contributed by atoms with E-state index in [9.17, 15) is 9.50 Å². The van der Waals surface area contributed by atoms with Crippen LogP contribution in [0.4, 0.5) is 4.39 Å². The zero-order valence-electron chi connectivity index (χ0n) is 9.63. The number of hydrogen-bond acceptors (Lipinski definition) is 2. The molecule has 94 valence electrons. The standard InChI is InChI=1S/C13H17BrFNO/c14-11-10(15)7-6-9(13(11)17)12(16)8-4-2-1-3-5-8/h6-8,12,17H,1-5,16H2/t12-/m1/s1. The largest absolute Gasteiger partial charge is 0.506 e. The normalized spacial score (nSPS) is 19.2. The minimum Gasteiger partial charge on any atom is -0.506 e. The van der Waals surface area contributed by atoms with E-state index in [4.69, 9.17) is 5.73 Å². The van der Waals surface area contributed by atoms with Gasteiger partial charge in [-0.25, -0.2) is 4.39 Å². The smallest absolute Gasteiger partial charge is 0.141 e. The molecule has 0 aliphatic heterocycles. The molecule has 0 radical (unpaired) electrons. The highest BCUT2D eigenvalue weighted by atomic mass is 79.9. The molecule has 1 saturated carbocycles. The maximum Gasteiger partial charge on any atom is 0.141 e. The quantitative estimate of drug-likeness (QED) is 0.871. The topological polar surface area (TPSA) is 46.2 Å². The van der Waals surface area contributed by atoms with Gasteiger partial charge in [-0.1, -0.05) is 25.3 Å². The highest BCUT2D eigenvalue weighted by molar-refractivity contribution is 9.10. The predicted molar refractivity (Wildman–Crippen MR) is 69.3 cm³/mol. The Hall–Kier alpha value is -0.610. The van der Waals surface area contributed by atoms with Gasteiger partial charge in [0.05, 0.1) is 4.47 Å². The van der Waals surface area contributed by atoms with Crippen molar-refractivity contribution in [2.45, 2.75) is 38.1 Å². The average molecular weight is 302 g/mol. The molecular weight excluding hydrogens is 285 g/mol. The van der Waals surface area contributed by atoms with Crippen molar-refractivity contribution in [2.75, 3.05) is 0 Å². The molecule has 0 amide bonds. The minimum absolute atomic E-state index is 0.0527. The van der Waals surface area contributed by atoms with Gasteiger partial charge >= 0.3 is 0 Å². The molecule has 0 spiro atoms. The van der Waals surface area contributed by atoms with Crippen LogP contribution in [0.15, 0.2) is 16.6 Å². The molecule has 0 heterocycles. The lowest BCUT2D eigenvalue weighted by Gasteiger charge is -2.28. The van der Waals surface area contributed by atoms with Crippen LogP contribution in [0.2, 0.25) is 0 Å². The lowest BCUT2D eigenvalue weighted by Crippen LogP contribution is -2.23. The summed E-state index contributed by atoms with van der Waals surface area (Å²) in [4.78, 5) is 0. The number of hydrogen-bond donors (Lipinski definition) is 2. The zero-order chi connectivity index (χ0) is 12.4. The zero-order valence-corrected chi connectivity index (χ0v) is 11.2. The number of rotatable bonds is 2. The van der Waals surface area contributed by atoms with E-state index < -0.39 is 5.82 Å². The van der Waals surface area contributed by atoms with Crippen LogP contribution in [0, 0.1) is 11.7 Å². The van der Waals surface area contributed by atoms with Crippen LogP contribution in [0.3, 0.4) is 0 Å². The monoisotopic (exact) mass is 301 g/mol. The Labute approximate surface area is 109 Å². The number of halogens is 2. The third kappa shape index (κ3) is 2.63. The van der Waals surface area contributed by atoms with Gasteiger partial charge in [0, 0.05) is 11.6 Å². The van der Waals surface area contributed by atoms with Gasteiger partial charge in [-0.05, 0) is 40.8 Å². The summed E-state index contributed by atoms with van der Waals surface area (Å²) in [6.45, 7) is 0. The molecular formula is C13H17BrFNO. The van der Waals surface area contributed by atoms with Crippen molar-refractivity contribution in [1.82, 2.24) is 0 Å². The first-order valence-electron chi connectivity index (χ1n) is 6.03. The van der Waals surface area contributed by atoms with Crippen LogP contribution < -0.4 is 5.73 Å². The maximum atomic E-state index is 13.2. The highest BCUT2D eigenvalue weighted by Gasteiger charge is 2.25. The van der Waals surface area contributed by atoms with Crippen molar-refractivity contribution < 1.29 is 9.50 Å². The second-order valence-electron chi connectivity index (χ2n) is 4.72. The molecule has 17 heavy (non-hydrogen) atoms. The molecule has 2 rings (SSSR count). The van der Waals surface area contributed by atoms with Gasteiger partial charge in [-0.15, -0.1) is 0 Å². The number of phenolic OH excluding ortho intramolecular Hbond substituents is 1. The van der Waals surface area contributed by atoms with Gasteiger partial charge in [0.2, 0.25) is 0 Å². The van der Waals surface area contributed by atoms with Gasteiger partial charge in [0.1, 0.15) is 11.6 Å². The second-order valence-corrected chi connectivity index (χ2v) is 5.52. The number of nitrogens with two attached hydrogens (primary N) is 1. The Bertz CT molecular complexity index is 405. The third-order valence-electron chi connectivity index (χ3n) is 3.62. The molecule has 1 aromatic carbocycles. The summed E-state index contributed by atoms with van der Waals surface area (Å²) in [5.74, 6) is -0.114. The van der Waals surface area contributed by atoms with E-state index >= 15 is 0 Å². The van der Waals surface area contributed by atoms with E-state index in [-0.39, 0.29) is 16.3 Å². The fourth-order valence-corrected chi connectivity index (χ4v) is 2.93. The molecule has 0 saturated heterocycles. The third-order valence-corrected chi connectivity index (χ3v) is 4.37. The van der Waals surface area contributed by atoms with Crippen LogP contribution >= 0.6 is 15.9 Å². The molecule has 3 N–H and O–H groups in total. The van der Waals surface area contributed by atoms with Crippen molar-refractivity contribution >= 4 is 15.9 Å². The molecule has 0 bridgehead atoms. The van der Waals surface area contributed by atoms with E-state index in [2.05, 4.69) is 15.9 Å². The molecule has 4 heteroatoms. The minimum atomic E-state index is -0.456. The van der Waals surface area contributed by atoms with Crippen LogP contribution in [0.1, 0.15) is 43.7 Å². The summed E-state index contributed by atoms with van der Waals surface area (Å²) in [7, 11) is 0. The van der Waals surface area contributed by atoms with E-state index in [0.717, 1.165) is 12.8 Å². The van der Waals surface area contributed by atoms with Crippen molar-refractivity contribution in [2.24, 2.45) is 11.7 Å². The average Bonchev–Trinajstić information content (AvgIpc) is 2.36. The molecule has 0 aromatic heterocycles. The fraction of sp³-hybridized carbons (Fsp3) is 0.538. The van der Waals surface area contributed by atoms with E-state index in [1.165, 1.54) is 25.3 Å². The Balaban J connectivity index is 2.24. The molecule has 2 nitrogen and oxygen atoms in total. The highest BCUT2D eigenvalue weighted by Crippen LogP contribution is 2.39. The maximum absolute atomic E-state index is 13.2. The summed E-state index contributed by atoms with van der Waals surface area (Å²) in [5.41, 5.74) is 6.83. The lowest BCUT2D eigenvalue weighted by atomic mass is 9.81. The van der Waals surface area contributed by atoms with Gasteiger partial charge in [0.25, 0.3) is 0 Å². The summed E-state index contributed by atoms with van der Waals surface area (Å²) < 4.78 is 13.3. The van der Waals surface area contributed by atoms with Crippen LogP contribution in [0.25, 0.3) is 0 Å². The van der Waals surface area contributed by atoms with Crippen LogP contribution in [-0.2, 0) is 0 Å². The number of phenols is 1. The SMILES string of the molecule is N[C@@H](c1ccc(F)c(Br)c1O)C1CCCCC1. The van der Waals surface area contributed by atoms with E-state index in [1.807, 2.05) is 0 Å². The van der Waals surface area contributed by atoms with Crippen molar-refractivity contribution in [3.8, 4) is 5.75 Å². The van der Waals surface area contributed by atoms with Gasteiger partial charge in [-0.3, -0.25) is 0 Å². The molecule has 1 aliphatic carbocycles. The first kappa shape index (κ1) is 12.8. The lowest BCUT2D eigenvalue weighted by molar-refractivity contribution is 0.302. The number of benzene rings is 1. The Morgan fingerprint density at radius 1 is 1.29 bits per heavy atom. The molecule has 0 unspecified atom stereocenters. The van der Waals surface area contributed by atoms with Gasteiger partial charge in [-0.2, -0.15) is 0 Å². The van der Waals surface area contributed by atoms with Crippen molar-refractivity contribution in [3.63, 3.8) is 0 Å². The molecule has 1 aliphatic rings. The van der Waals surface area contributed by atoms with Gasteiger partial charge in [0.15, 0.2) is 0 Å². The first-order valence-corrected chi connectivity index (χ1v) is 6.83. The molecule has 1 aromatic rings. The second kappa shape index (κ2) is 5.36. The Morgan fingerprint density at radius 3 is 2.59 bits per heavy atom. The Morgan fingerprint density at radius 2 is 1.94 bits per heavy atom. The van der Waals surface area contributed by atoms with E-state index in [0.29, 0.717) is 11.5 Å². The van der Waals surface area contributed by atoms with Crippen LogP contribution in [0.5, 0.6) is 5.75 Å². The van der Waals surface area contributed by atoms with Gasteiger partial charge < -0.3 is 10.8 Å². The first-order chi connectivity index (χ1) is 8.11. The summed E-state index contributed by atoms with van der Waals surface area (Å²) in [6.07, 6.45) is 5.84. The fourth-order valence-electron chi connectivity index (χ4n) is 2.57. The Kier molecular flexibility index (Phi) is 4.05. The van der Waals surface area contributed by atoms with Crippen molar-refractivity contribution in [3.05, 3.63) is 28.0 Å². The van der Waals surface area contributed by atoms with E-state index in [1.54, 1.807) is 6.07 Å². The number of aromatic hydroxyl groups is 1. The molecule has 1 fully saturated rings. The molecule has 1 atom stereocenters. The summed E-state index contributed by atoms with van der Waals surface area (Å²) in [5, 5.41) is 9.91. The predicted octanol–water partition coefficient (Wildman–Crippen LogP) is 3.87. The van der Waals surface area contributed by atoms with Crippen molar-refractivity contribution in [1.29, 1.82) is 0 Å². The summed E-state index contributed by atoms with van der Waals surface area (Å²) >= 11 is 3.04. The summed E-state index contributed by atoms with van der Waals surface area (Å²) in [6, 6.07) is 2.74. The van der Waals surface area contributed by atoms with Crippen LogP contribution in [-0.4, -0.2) is 5.11 Å².